The fourth-order valence-corrected chi connectivity index (χ4v) is 4.03. The van der Waals surface area contributed by atoms with Gasteiger partial charge in [-0.1, -0.05) is 60.7 Å². The van der Waals surface area contributed by atoms with Crippen LogP contribution in [0.2, 0.25) is 0 Å². The number of rotatable bonds is 6. The van der Waals surface area contributed by atoms with Crippen molar-refractivity contribution < 1.29 is 9.18 Å². The van der Waals surface area contributed by atoms with Crippen LogP contribution in [0.4, 0.5) is 10.1 Å². The molecule has 4 nitrogen and oxygen atoms in total. The molecule has 0 bridgehead atoms. The third kappa shape index (κ3) is 4.99. The van der Waals surface area contributed by atoms with E-state index in [1.807, 2.05) is 80.6 Å². The van der Waals surface area contributed by atoms with Crippen molar-refractivity contribution in [1.29, 1.82) is 0 Å². The number of benzene rings is 3. The van der Waals surface area contributed by atoms with Crippen LogP contribution in [0.3, 0.4) is 0 Å². The lowest BCUT2D eigenvalue weighted by Crippen LogP contribution is -2.41. The second kappa shape index (κ2) is 9.76. The quantitative estimate of drug-likeness (QED) is 0.411. The van der Waals surface area contributed by atoms with E-state index in [1.165, 1.54) is 6.07 Å². The summed E-state index contributed by atoms with van der Waals surface area (Å²) in [5, 5.41) is 2.79. The van der Waals surface area contributed by atoms with Crippen LogP contribution in [-0.4, -0.2) is 16.9 Å². The summed E-state index contributed by atoms with van der Waals surface area (Å²) < 4.78 is 15.0. The van der Waals surface area contributed by atoms with E-state index in [4.69, 9.17) is 5.73 Å². The van der Waals surface area contributed by atoms with E-state index in [-0.39, 0.29) is 11.8 Å². The zero-order chi connectivity index (χ0) is 23.4. The number of halogens is 1. The fourth-order valence-electron chi connectivity index (χ4n) is 4.03. The van der Waals surface area contributed by atoms with Gasteiger partial charge in [-0.2, -0.15) is 0 Å². The molecule has 0 aliphatic heterocycles. The van der Waals surface area contributed by atoms with Crippen LogP contribution in [-0.2, 0) is 4.79 Å². The maximum atomic E-state index is 15.0. The van der Waals surface area contributed by atoms with Crippen molar-refractivity contribution in [1.82, 2.24) is 4.98 Å². The first-order chi connectivity index (χ1) is 15.9. The number of nitrogens with zero attached hydrogens (tertiary/aromatic N) is 1. The molecule has 0 radical (unpaired) electrons. The third-order valence-electron chi connectivity index (χ3n) is 5.75. The lowest BCUT2D eigenvalue weighted by atomic mass is 9.85. The highest BCUT2D eigenvalue weighted by Crippen LogP contribution is 2.30. The largest absolute Gasteiger partial charge is 0.325 e. The van der Waals surface area contributed by atoms with Crippen LogP contribution in [0, 0.1) is 19.7 Å². The van der Waals surface area contributed by atoms with E-state index >= 15 is 0 Å². The minimum atomic E-state index is -0.859. The van der Waals surface area contributed by atoms with E-state index < -0.39 is 11.9 Å². The Balaban J connectivity index is 1.59. The summed E-state index contributed by atoms with van der Waals surface area (Å²) in [6.45, 7) is 3.76. The van der Waals surface area contributed by atoms with E-state index in [0.717, 1.165) is 27.9 Å². The maximum Gasteiger partial charge on any atom is 0.242 e. The van der Waals surface area contributed by atoms with Crippen LogP contribution in [0.1, 0.15) is 28.3 Å². The SMILES string of the molecule is Cc1cc(-c2ccc(NC(=O)C(N)C(c3ccccc3)c3ccccc3)cc2F)c(C)cn1. The molecule has 0 aliphatic rings. The van der Waals surface area contributed by atoms with Gasteiger partial charge in [0.05, 0.1) is 6.04 Å². The Bertz CT molecular complexity index is 1220. The molecule has 1 atom stereocenters. The number of amides is 1. The summed E-state index contributed by atoms with van der Waals surface area (Å²) >= 11 is 0. The predicted octanol–water partition coefficient (Wildman–Crippen LogP) is 5.60. The number of nitrogens with one attached hydrogen (secondary N) is 1. The summed E-state index contributed by atoms with van der Waals surface area (Å²) in [5.41, 5.74) is 11.6. The number of carbonyl (C=O) groups excluding carboxylic acids is 1. The Hall–Kier alpha value is -3.83. The van der Waals surface area contributed by atoms with Gasteiger partial charge in [0, 0.05) is 29.1 Å². The van der Waals surface area contributed by atoms with Crippen LogP contribution in [0.5, 0.6) is 0 Å². The van der Waals surface area contributed by atoms with E-state index in [0.29, 0.717) is 11.3 Å². The minimum absolute atomic E-state index is 0.334. The van der Waals surface area contributed by atoms with Crippen molar-refractivity contribution >= 4 is 11.6 Å². The van der Waals surface area contributed by atoms with E-state index in [1.54, 1.807) is 18.3 Å². The average molecular weight is 440 g/mol. The normalized spacial score (nSPS) is 11.9. The Labute approximate surface area is 193 Å². The molecule has 0 saturated carbocycles. The highest BCUT2D eigenvalue weighted by atomic mass is 19.1. The number of hydrogen-bond acceptors (Lipinski definition) is 3. The Kier molecular flexibility index (Phi) is 6.61. The average Bonchev–Trinajstić information content (AvgIpc) is 2.82. The van der Waals surface area contributed by atoms with Gasteiger partial charge < -0.3 is 11.1 Å². The van der Waals surface area contributed by atoms with Gasteiger partial charge >= 0.3 is 0 Å². The first-order valence-electron chi connectivity index (χ1n) is 10.8. The molecule has 0 fully saturated rings. The molecule has 0 aliphatic carbocycles. The highest BCUT2D eigenvalue weighted by Gasteiger charge is 2.28. The number of aryl methyl sites for hydroxylation is 2. The Morgan fingerprint density at radius 1 is 0.879 bits per heavy atom. The topological polar surface area (TPSA) is 68.0 Å². The summed E-state index contributed by atoms with van der Waals surface area (Å²) in [6, 6.07) is 25.1. The zero-order valence-electron chi connectivity index (χ0n) is 18.6. The molecule has 0 saturated heterocycles. The number of pyridine rings is 1. The molecular formula is C28H26FN3O. The van der Waals surface area contributed by atoms with Gasteiger partial charge in [0.25, 0.3) is 0 Å². The van der Waals surface area contributed by atoms with Gasteiger partial charge in [0.1, 0.15) is 5.82 Å². The maximum absolute atomic E-state index is 15.0. The molecule has 5 heteroatoms. The van der Waals surface area contributed by atoms with Gasteiger partial charge in [0.15, 0.2) is 0 Å². The molecule has 1 heterocycles. The van der Waals surface area contributed by atoms with Crippen LogP contribution >= 0.6 is 0 Å². The minimum Gasteiger partial charge on any atom is -0.325 e. The van der Waals surface area contributed by atoms with Crippen LogP contribution in [0.25, 0.3) is 11.1 Å². The molecule has 4 rings (SSSR count). The van der Waals surface area contributed by atoms with Gasteiger partial charge in [-0.05, 0) is 60.4 Å². The second-order valence-electron chi connectivity index (χ2n) is 8.15. The molecule has 1 unspecified atom stereocenters. The predicted molar refractivity (Wildman–Crippen MR) is 130 cm³/mol. The fraction of sp³-hybridized carbons (Fsp3) is 0.143. The monoisotopic (exact) mass is 439 g/mol. The molecular weight excluding hydrogens is 413 g/mol. The number of aromatic nitrogens is 1. The number of carbonyl (C=O) groups is 1. The molecule has 3 N–H and O–H groups in total. The first-order valence-corrected chi connectivity index (χ1v) is 10.8. The summed E-state index contributed by atoms with van der Waals surface area (Å²) in [5.74, 6) is -1.13. The third-order valence-corrected chi connectivity index (χ3v) is 5.75. The Morgan fingerprint density at radius 2 is 1.48 bits per heavy atom. The van der Waals surface area contributed by atoms with Crippen LogP contribution in [0.15, 0.2) is 91.1 Å². The first kappa shape index (κ1) is 22.4. The van der Waals surface area contributed by atoms with E-state index in [9.17, 15) is 9.18 Å². The molecule has 0 spiro atoms. The van der Waals surface area contributed by atoms with Crippen molar-refractivity contribution in [3.63, 3.8) is 0 Å². The molecule has 1 amide bonds. The number of anilines is 1. The van der Waals surface area contributed by atoms with Gasteiger partial charge in [0.2, 0.25) is 5.91 Å². The van der Waals surface area contributed by atoms with Gasteiger partial charge in [-0.15, -0.1) is 0 Å². The van der Waals surface area contributed by atoms with Crippen molar-refractivity contribution in [3.05, 3.63) is 119 Å². The summed E-state index contributed by atoms with van der Waals surface area (Å²) in [7, 11) is 0. The van der Waals surface area contributed by atoms with Crippen molar-refractivity contribution in [2.24, 2.45) is 5.73 Å². The van der Waals surface area contributed by atoms with Crippen molar-refractivity contribution in [2.75, 3.05) is 5.32 Å². The highest BCUT2D eigenvalue weighted by molar-refractivity contribution is 5.96. The molecule has 4 aromatic rings. The van der Waals surface area contributed by atoms with Crippen LogP contribution < -0.4 is 11.1 Å². The molecule has 33 heavy (non-hydrogen) atoms. The second-order valence-corrected chi connectivity index (χ2v) is 8.15. The van der Waals surface area contributed by atoms with Gasteiger partial charge in [-0.3, -0.25) is 9.78 Å². The zero-order valence-corrected chi connectivity index (χ0v) is 18.6. The molecule has 3 aromatic carbocycles. The lowest BCUT2D eigenvalue weighted by Gasteiger charge is -2.24. The van der Waals surface area contributed by atoms with E-state index in [2.05, 4.69) is 10.3 Å². The Morgan fingerprint density at radius 3 is 2.06 bits per heavy atom. The summed E-state index contributed by atoms with van der Waals surface area (Å²) in [6.07, 6.45) is 1.73. The smallest absolute Gasteiger partial charge is 0.242 e. The molecule has 1 aromatic heterocycles. The number of nitrogens with two attached hydrogens (primary N) is 1. The van der Waals surface area contributed by atoms with Crippen molar-refractivity contribution in [3.8, 4) is 11.1 Å². The number of hydrogen-bond donors (Lipinski definition) is 2. The molecule has 166 valence electrons. The summed E-state index contributed by atoms with van der Waals surface area (Å²) in [4.78, 5) is 17.3. The lowest BCUT2D eigenvalue weighted by molar-refractivity contribution is -0.117. The van der Waals surface area contributed by atoms with Crippen molar-refractivity contribution in [2.45, 2.75) is 25.8 Å². The standard InChI is InChI=1S/C28H26FN3O/c1-18-17-31-19(2)15-24(18)23-14-13-22(16-25(23)29)32-28(33)27(30)26(20-9-5-3-6-10-20)21-11-7-4-8-12-21/h3-17,26-27H,30H2,1-2H3,(H,32,33). The van der Waals surface area contributed by atoms with Gasteiger partial charge in [-0.25, -0.2) is 4.39 Å².